The van der Waals surface area contributed by atoms with E-state index in [4.69, 9.17) is 10.3 Å². The highest BCUT2D eigenvalue weighted by molar-refractivity contribution is 5.03. The molecular weight excluding hydrogens is 282 g/mol. The number of azide groups is 1. The molecule has 0 saturated carbocycles. The van der Waals surface area contributed by atoms with Gasteiger partial charge >= 0.3 is 5.69 Å². The number of nitrogens with one attached hydrogen (secondary N) is 1. The first-order chi connectivity index (χ1) is 9.99. The zero-order chi connectivity index (χ0) is 15.6. The Balaban J connectivity index is 2.37. The molecule has 0 aliphatic carbocycles. The van der Waals surface area contributed by atoms with Crippen molar-refractivity contribution in [1.82, 2.24) is 9.55 Å². The van der Waals surface area contributed by atoms with Gasteiger partial charge in [0.2, 0.25) is 0 Å². The molecule has 114 valence electrons. The van der Waals surface area contributed by atoms with Gasteiger partial charge in [0.05, 0.1) is 12.7 Å². The Bertz CT molecular complexity index is 676. The summed E-state index contributed by atoms with van der Waals surface area (Å²) in [5, 5.41) is 22.9. The van der Waals surface area contributed by atoms with Crippen LogP contribution >= 0.6 is 0 Å². The van der Waals surface area contributed by atoms with E-state index in [2.05, 4.69) is 15.0 Å². The molecule has 10 nitrogen and oxygen atoms in total. The molecule has 0 radical (unpaired) electrons. The van der Waals surface area contributed by atoms with E-state index in [0.29, 0.717) is 0 Å². The highest BCUT2D eigenvalue weighted by Gasteiger charge is 2.44. The van der Waals surface area contributed by atoms with Gasteiger partial charge < -0.3 is 14.9 Å². The quantitative estimate of drug-likeness (QED) is 0.370. The minimum absolute atomic E-state index is 0.0729. The molecule has 21 heavy (non-hydrogen) atoms. The van der Waals surface area contributed by atoms with E-state index in [9.17, 15) is 19.8 Å². The Morgan fingerprint density at radius 3 is 2.90 bits per heavy atom. The minimum Gasteiger partial charge on any atom is -0.394 e. The zero-order valence-corrected chi connectivity index (χ0v) is 11.2. The molecule has 1 fully saturated rings. The molecule has 0 bridgehead atoms. The molecule has 1 aromatic heterocycles. The molecule has 2 heterocycles. The van der Waals surface area contributed by atoms with Crippen LogP contribution in [0.2, 0.25) is 0 Å². The average molecular weight is 297 g/mol. The fraction of sp³-hybridized carbons (Fsp3) is 0.636. The summed E-state index contributed by atoms with van der Waals surface area (Å²) in [5.41, 5.74) is 7.38. The van der Waals surface area contributed by atoms with Gasteiger partial charge in [0.25, 0.3) is 5.56 Å². The number of aryl methyl sites for hydroxylation is 1. The molecule has 1 aromatic rings. The summed E-state index contributed by atoms with van der Waals surface area (Å²) in [6.45, 7) is 1.05. The fourth-order valence-corrected chi connectivity index (χ4v) is 2.33. The van der Waals surface area contributed by atoms with Crippen LogP contribution in [0.3, 0.4) is 0 Å². The highest BCUT2D eigenvalue weighted by Crippen LogP contribution is 2.33. The van der Waals surface area contributed by atoms with Gasteiger partial charge in [-0.3, -0.25) is 14.3 Å². The summed E-state index contributed by atoms with van der Waals surface area (Å²) in [5.74, 6) is -0.643. The van der Waals surface area contributed by atoms with Gasteiger partial charge in [0.15, 0.2) is 6.23 Å². The average Bonchev–Trinajstić information content (AvgIpc) is 2.77. The van der Waals surface area contributed by atoms with Gasteiger partial charge in [0.1, 0.15) is 6.10 Å². The lowest BCUT2D eigenvalue weighted by Crippen LogP contribution is -2.37. The zero-order valence-electron chi connectivity index (χ0n) is 11.2. The molecule has 10 heteroatoms. The van der Waals surface area contributed by atoms with Crippen LogP contribution in [-0.4, -0.2) is 45.1 Å². The Morgan fingerprint density at radius 2 is 2.29 bits per heavy atom. The summed E-state index contributed by atoms with van der Waals surface area (Å²) in [7, 11) is 0. The molecule has 0 spiro atoms. The third-order valence-corrected chi connectivity index (χ3v) is 3.48. The second-order valence-corrected chi connectivity index (χ2v) is 4.79. The van der Waals surface area contributed by atoms with Crippen LogP contribution < -0.4 is 11.2 Å². The number of hydrogen-bond acceptors (Lipinski definition) is 6. The molecule has 1 aliphatic heterocycles. The van der Waals surface area contributed by atoms with E-state index in [-0.39, 0.29) is 12.1 Å². The number of nitrogens with zero attached hydrogens (tertiary/aromatic N) is 4. The SMILES string of the molecule is Cc1cn([C@@H]2O[C@H](CO)[C@@H](CN=[N+]=[N-])[C@@H]2O)c(=O)[nH]c1=O. The molecule has 0 amide bonds. The van der Waals surface area contributed by atoms with Crippen molar-refractivity contribution >= 4 is 0 Å². The molecule has 4 atom stereocenters. The van der Waals surface area contributed by atoms with Crippen molar-refractivity contribution in [2.75, 3.05) is 13.2 Å². The maximum Gasteiger partial charge on any atom is 0.330 e. The number of aliphatic hydroxyl groups is 2. The van der Waals surface area contributed by atoms with Crippen molar-refractivity contribution in [2.45, 2.75) is 25.4 Å². The van der Waals surface area contributed by atoms with Crippen molar-refractivity contribution in [3.63, 3.8) is 0 Å². The molecule has 1 aliphatic rings. The third-order valence-electron chi connectivity index (χ3n) is 3.48. The summed E-state index contributed by atoms with van der Waals surface area (Å²) in [6, 6.07) is 0. The summed E-state index contributed by atoms with van der Waals surface area (Å²) in [4.78, 5) is 27.9. The van der Waals surface area contributed by atoms with Gasteiger partial charge in [-0.05, 0) is 12.5 Å². The Hall–Kier alpha value is -2.13. The van der Waals surface area contributed by atoms with Crippen LogP contribution in [0.15, 0.2) is 20.9 Å². The van der Waals surface area contributed by atoms with Crippen LogP contribution in [0, 0.1) is 12.8 Å². The standard InChI is InChI=1S/C11H15N5O5/c1-5-3-16(11(20)14-9(5)19)10-8(18)6(2-13-15-12)7(4-17)21-10/h3,6-8,10,17-18H,2,4H2,1H3,(H,14,19,20)/t6-,7-,8+,10-/m1/s1. The molecule has 0 unspecified atom stereocenters. The first-order valence-electron chi connectivity index (χ1n) is 6.27. The van der Waals surface area contributed by atoms with Crippen molar-refractivity contribution < 1.29 is 14.9 Å². The molecule has 1 saturated heterocycles. The second kappa shape index (κ2) is 6.10. The summed E-state index contributed by atoms with van der Waals surface area (Å²) < 4.78 is 6.51. The van der Waals surface area contributed by atoms with E-state index in [1.165, 1.54) is 13.1 Å². The van der Waals surface area contributed by atoms with Crippen molar-refractivity contribution in [1.29, 1.82) is 0 Å². The molecule has 0 aromatic carbocycles. The maximum atomic E-state index is 11.8. The van der Waals surface area contributed by atoms with E-state index in [1.54, 1.807) is 0 Å². The van der Waals surface area contributed by atoms with E-state index in [1.807, 2.05) is 0 Å². The van der Waals surface area contributed by atoms with Gasteiger partial charge in [-0.15, -0.1) is 0 Å². The van der Waals surface area contributed by atoms with Crippen molar-refractivity contribution in [2.24, 2.45) is 11.0 Å². The first-order valence-corrected chi connectivity index (χ1v) is 6.27. The lowest BCUT2D eigenvalue weighted by molar-refractivity contribution is -0.0536. The third kappa shape index (κ3) is 2.83. The topological polar surface area (TPSA) is 153 Å². The van der Waals surface area contributed by atoms with E-state index in [0.717, 1.165) is 4.57 Å². The number of H-pyrrole nitrogens is 1. The van der Waals surface area contributed by atoms with Crippen LogP contribution in [0.1, 0.15) is 11.8 Å². The summed E-state index contributed by atoms with van der Waals surface area (Å²) >= 11 is 0. The Morgan fingerprint density at radius 1 is 1.57 bits per heavy atom. The minimum atomic E-state index is -1.16. The van der Waals surface area contributed by atoms with Crippen molar-refractivity contribution in [3.05, 3.63) is 43.0 Å². The van der Waals surface area contributed by atoms with Gasteiger partial charge in [-0.1, -0.05) is 5.11 Å². The lowest BCUT2D eigenvalue weighted by atomic mass is 9.98. The monoisotopic (exact) mass is 297 g/mol. The number of rotatable bonds is 4. The van der Waals surface area contributed by atoms with Crippen molar-refractivity contribution in [3.8, 4) is 0 Å². The smallest absolute Gasteiger partial charge is 0.330 e. The highest BCUT2D eigenvalue weighted by atomic mass is 16.5. The number of aromatic amines is 1. The summed E-state index contributed by atoms with van der Waals surface area (Å²) in [6.07, 6.45) is -1.71. The fourth-order valence-electron chi connectivity index (χ4n) is 2.33. The Labute approximate surface area is 118 Å². The van der Waals surface area contributed by atoms with E-state index < -0.39 is 42.2 Å². The number of hydrogen-bond donors (Lipinski definition) is 3. The predicted molar refractivity (Wildman–Crippen MR) is 70.6 cm³/mol. The molecule has 3 N–H and O–H groups in total. The van der Waals surface area contributed by atoms with Gasteiger partial charge in [-0.25, -0.2) is 4.79 Å². The van der Waals surface area contributed by atoms with Crippen LogP contribution in [0.25, 0.3) is 10.4 Å². The lowest BCUT2D eigenvalue weighted by Gasteiger charge is -2.18. The number of aliphatic hydroxyl groups excluding tert-OH is 2. The van der Waals surface area contributed by atoms with Crippen LogP contribution in [0.5, 0.6) is 0 Å². The predicted octanol–water partition coefficient (Wildman–Crippen LogP) is -0.978. The van der Waals surface area contributed by atoms with E-state index >= 15 is 0 Å². The number of aromatic nitrogens is 2. The van der Waals surface area contributed by atoms with Crippen LogP contribution in [0.4, 0.5) is 0 Å². The largest absolute Gasteiger partial charge is 0.394 e. The normalized spacial score (nSPS) is 28.3. The van der Waals surface area contributed by atoms with Crippen LogP contribution in [-0.2, 0) is 4.74 Å². The molecule has 2 rings (SSSR count). The second-order valence-electron chi connectivity index (χ2n) is 4.79. The van der Waals surface area contributed by atoms with Gasteiger partial charge in [0, 0.05) is 29.1 Å². The Kier molecular flexibility index (Phi) is 4.43. The molecular formula is C11H15N5O5. The van der Waals surface area contributed by atoms with Gasteiger partial charge in [-0.2, -0.15) is 0 Å². The first kappa shape index (κ1) is 15.3. The number of ether oxygens (including phenoxy) is 1. The maximum absolute atomic E-state index is 11.8.